The highest BCUT2D eigenvalue weighted by Crippen LogP contribution is 2.26. The Hall–Kier alpha value is -1.25. The Morgan fingerprint density at radius 1 is 1.00 bits per heavy atom. The van der Waals surface area contributed by atoms with Crippen LogP contribution in [-0.2, 0) is 0 Å². The molecule has 2 N–H and O–H groups in total. The molecule has 0 saturated heterocycles. The second kappa shape index (κ2) is 6.48. The molecule has 0 aromatic carbocycles. The lowest BCUT2D eigenvalue weighted by molar-refractivity contribution is 0.420. The number of hydrogen-bond donors (Lipinski definition) is 2. The van der Waals surface area contributed by atoms with Crippen LogP contribution in [0.15, 0.2) is 18.5 Å². The van der Waals surface area contributed by atoms with Gasteiger partial charge in [-0.25, -0.2) is 0 Å². The lowest BCUT2D eigenvalue weighted by Crippen LogP contribution is -2.36. The van der Waals surface area contributed by atoms with Crippen LogP contribution in [0.3, 0.4) is 0 Å². The molecule has 1 aromatic rings. The van der Waals surface area contributed by atoms with E-state index in [1.54, 1.807) is 0 Å². The van der Waals surface area contributed by atoms with E-state index in [1.807, 2.05) is 12.4 Å². The molecule has 0 atom stereocenters. The maximum Gasteiger partial charge on any atom is 0.0551 e. The number of rotatable bonds is 7. The van der Waals surface area contributed by atoms with Gasteiger partial charge in [0, 0.05) is 12.1 Å². The van der Waals surface area contributed by atoms with Crippen molar-refractivity contribution in [3.63, 3.8) is 0 Å². The molecule has 0 saturated carbocycles. The fourth-order valence-electron chi connectivity index (χ4n) is 2.13. The average Bonchev–Trinajstić information content (AvgIpc) is 2.37. The third kappa shape index (κ3) is 3.62. The zero-order chi connectivity index (χ0) is 12.7. The van der Waals surface area contributed by atoms with Gasteiger partial charge in [-0.15, -0.1) is 0 Å². The minimum atomic E-state index is 0.201. The molecule has 96 valence electrons. The average molecular weight is 235 g/mol. The predicted octanol–water partition coefficient (Wildman–Crippen LogP) is 3.89. The Morgan fingerprint density at radius 2 is 1.59 bits per heavy atom. The van der Waals surface area contributed by atoms with Gasteiger partial charge >= 0.3 is 0 Å². The normalized spacial score (nSPS) is 11.3. The molecular formula is C14H25N3. The van der Waals surface area contributed by atoms with Gasteiger partial charge in [-0.1, -0.05) is 20.8 Å². The van der Waals surface area contributed by atoms with Crippen molar-refractivity contribution in [2.75, 3.05) is 17.2 Å². The molecule has 3 nitrogen and oxygen atoms in total. The maximum atomic E-state index is 4.27. The second-order valence-corrected chi connectivity index (χ2v) is 4.46. The monoisotopic (exact) mass is 235 g/mol. The first-order chi connectivity index (χ1) is 8.19. The summed E-state index contributed by atoms with van der Waals surface area (Å²) in [5.41, 5.74) is 2.38. The Bertz CT molecular complexity index is 324. The van der Waals surface area contributed by atoms with E-state index in [0.29, 0.717) is 0 Å². The van der Waals surface area contributed by atoms with E-state index in [2.05, 4.69) is 49.4 Å². The first-order valence-corrected chi connectivity index (χ1v) is 6.66. The summed E-state index contributed by atoms with van der Waals surface area (Å²) in [7, 11) is 0. The highest BCUT2D eigenvalue weighted by Gasteiger charge is 2.23. The van der Waals surface area contributed by atoms with Crippen LogP contribution < -0.4 is 10.6 Å². The zero-order valence-electron chi connectivity index (χ0n) is 11.5. The van der Waals surface area contributed by atoms with Gasteiger partial charge in [0.05, 0.1) is 23.8 Å². The van der Waals surface area contributed by atoms with Gasteiger partial charge in [-0.05, 0) is 32.3 Å². The number of pyridine rings is 1. The molecule has 0 radical (unpaired) electrons. The van der Waals surface area contributed by atoms with Crippen molar-refractivity contribution in [1.82, 2.24) is 4.98 Å². The van der Waals surface area contributed by atoms with Crippen molar-refractivity contribution < 1.29 is 0 Å². The third-order valence-electron chi connectivity index (χ3n) is 3.56. The van der Waals surface area contributed by atoms with Crippen LogP contribution in [0.2, 0.25) is 0 Å². The van der Waals surface area contributed by atoms with Gasteiger partial charge in [0.1, 0.15) is 0 Å². The lowest BCUT2D eigenvalue weighted by Gasteiger charge is -2.33. The quantitative estimate of drug-likeness (QED) is 0.752. The van der Waals surface area contributed by atoms with Gasteiger partial charge in [0.2, 0.25) is 0 Å². The molecule has 0 unspecified atom stereocenters. The lowest BCUT2D eigenvalue weighted by atomic mass is 9.89. The highest BCUT2D eigenvalue weighted by molar-refractivity contribution is 5.55. The molecule has 1 aromatic heterocycles. The van der Waals surface area contributed by atoms with E-state index in [4.69, 9.17) is 0 Å². The summed E-state index contributed by atoms with van der Waals surface area (Å²) in [6.07, 6.45) is 7.15. The van der Waals surface area contributed by atoms with E-state index in [9.17, 15) is 0 Å². The van der Waals surface area contributed by atoms with Gasteiger partial charge < -0.3 is 10.6 Å². The molecule has 1 heterocycles. The standard InChI is InChI=1S/C14H25N3/c1-5-14(6-2,7-3)17-13-9-12(16-8-4)10-15-11-13/h9-11,16-17H,5-8H2,1-4H3. The molecule has 0 fully saturated rings. The third-order valence-corrected chi connectivity index (χ3v) is 3.56. The molecule has 0 aliphatic carbocycles. The zero-order valence-corrected chi connectivity index (χ0v) is 11.5. The molecule has 1 rings (SSSR count). The van der Waals surface area contributed by atoms with E-state index < -0.39 is 0 Å². The SMILES string of the molecule is CCNc1cncc(NC(CC)(CC)CC)c1. The second-order valence-electron chi connectivity index (χ2n) is 4.46. The minimum absolute atomic E-state index is 0.201. The van der Waals surface area contributed by atoms with Gasteiger partial charge in [0.25, 0.3) is 0 Å². The smallest absolute Gasteiger partial charge is 0.0551 e. The van der Waals surface area contributed by atoms with Crippen LogP contribution in [0.5, 0.6) is 0 Å². The maximum absolute atomic E-state index is 4.27. The first kappa shape index (κ1) is 13.8. The molecule has 17 heavy (non-hydrogen) atoms. The summed E-state index contributed by atoms with van der Waals surface area (Å²) >= 11 is 0. The molecule has 0 aliphatic heterocycles. The topological polar surface area (TPSA) is 37.0 Å². The van der Waals surface area contributed by atoms with Gasteiger partial charge in [-0.3, -0.25) is 4.98 Å². The largest absolute Gasteiger partial charge is 0.384 e. The summed E-state index contributed by atoms with van der Waals surface area (Å²) in [5, 5.41) is 6.92. The van der Waals surface area contributed by atoms with E-state index in [1.165, 1.54) is 0 Å². The minimum Gasteiger partial charge on any atom is -0.384 e. The molecule has 0 spiro atoms. The summed E-state index contributed by atoms with van der Waals surface area (Å²) in [4.78, 5) is 4.27. The Balaban J connectivity index is 2.82. The Morgan fingerprint density at radius 3 is 2.12 bits per heavy atom. The summed E-state index contributed by atoms with van der Waals surface area (Å²) in [6, 6.07) is 2.13. The van der Waals surface area contributed by atoms with Crippen molar-refractivity contribution in [1.29, 1.82) is 0 Å². The molecular weight excluding hydrogens is 210 g/mol. The Labute approximate surface area is 105 Å². The summed E-state index contributed by atoms with van der Waals surface area (Å²) < 4.78 is 0. The van der Waals surface area contributed by atoms with Crippen LogP contribution in [0.25, 0.3) is 0 Å². The number of anilines is 2. The van der Waals surface area contributed by atoms with Gasteiger partial charge in [0.15, 0.2) is 0 Å². The summed E-state index contributed by atoms with van der Waals surface area (Å²) in [6.45, 7) is 9.73. The van der Waals surface area contributed by atoms with Crippen molar-refractivity contribution in [3.05, 3.63) is 18.5 Å². The molecule has 0 aliphatic rings. The van der Waals surface area contributed by atoms with Crippen molar-refractivity contribution >= 4 is 11.4 Å². The summed E-state index contributed by atoms with van der Waals surface area (Å²) in [5.74, 6) is 0. The molecule has 3 heteroatoms. The Kier molecular flexibility index (Phi) is 5.26. The van der Waals surface area contributed by atoms with E-state index >= 15 is 0 Å². The fourth-order valence-corrected chi connectivity index (χ4v) is 2.13. The van der Waals surface area contributed by atoms with Crippen molar-refractivity contribution in [2.24, 2.45) is 0 Å². The van der Waals surface area contributed by atoms with Crippen LogP contribution in [-0.4, -0.2) is 17.1 Å². The number of nitrogens with zero attached hydrogens (tertiary/aromatic N) is 1. The van der Waals surface area contributed by atoms with Crippen LogP contribution in [0.4, 0.5) is 11.4 Å². The van der Waals surface area contributed by atoms with Gasteiger partial charge in [-0.2, -0.15) is 0 Å². The predicted molar refractivity (Wildman–Crippen MR) is 75.6 cm³/mol. The number of nitrogens with one attached hydrogen (secondary N) is 2. The van der Waals surface area contributed by atoms with Crippen LogP contribution in [0, 0.1) is 0 Å². The van der Waals surface area contributed by atoms with Crippen LogP contribution >= 0.6 is 0 Å². The molecule has 0 bridgehead atoms. The molecule has 0 amide bonds. The van der Waals surface area contributed by atoms with Crippen LogP contribution in [0.1, 0.15) is 47.0 Å². The van der Waals surface area contributed by atoms with Crippen molar-refractivity contribution in [2.45, 2.75) is 52.5 Å². The number of hydrogen-bond acceptors (Lipinski definition) is 3. The number of aromatic nitrogens is 1. The first-order valence-electron chi connectivity index (χ1n) is 6.66. The van der Waals surface area contributed by atoms with E-state index in [-0.39, 0.29) is 5.54 Å². The highest BCUT2D eigenvalue weighted by atomic mass is 15.0. The fraction of sp³-hybridized carbons (Fsp3) is 0.643. The van der Waals surface area contributed by atoms with E-state index in [0.717, 1.165) is 37.2 Å². The van der Waals surface area contributed by atoms with Crippen molar-refractivity contribution in [3.8, 4) is 0 Å².